The highest BCUT2D eigenvalue weighted by Crippen LogP contribution is 2.24. The fourth-order valence-electron chi connectivity index (χ4n) is 2.57. The van der Waals surface area contributed by atoms with Crippen LogP contribution in [0.1, 0.15) is 77.2 Å². The van der Waals surface area contributed by atoms with E-state index in [1.807, 2.05) is 0 Å². The highest BCUT2D eigenvalue weighted by atomic mass is 15.3. The van der Waals surface area contributed by atoms with Crippen molar-refractivity contribution >= 4 is 5.69 Å². The lowest BCUT2D eigenvalue weighted by Gasteiger charge is -2.16. The van der Waals surface area contributed by atoms with Crippen molar-refractivity contribution in [1.29, 1.82) is 0 Å². The van der Waals surface area contributed by atoms with Gasteiger partial charge in [0.2, 0.25) is 0 Å². The number of anilines is 1. The fourth-order valence-corrected chi connectivity index (χ4v) is 2.57. The van der Waals surface area contributed by atoms with Crippen LogP contribution in [0.15, 0.2) is 0 Å². The number of unbranched alkanes of at least 4 members (excludes halogenated alkanes) is 3. The number of aryl methyl sites for hydroxylation is 1. The van der Waals surface area contributed by atoms with Gasteiger partial charge in [-0.2, -0.15) is 5.10 Å². The van der Waals surface area contributed by atoms with Crippen LogP contribution >= 0.6 is 0 Å². The van der Waals surface area contributed by atoms with E-state index in [0.717, 1.165) is 5.69 Å². The number of hydrogen-bond donors (Lipinski definition) is 1. The zero-order chi connectivity index (χ0) is 14.4. The van der Waals surface area contributed by atoms with E-state index >= 15 is 0 Å². The summed E-state index contributed by atoms with van der Waals surface area (Å²) in [6.07, 6.45) is 6.58. The Hall–Kier alpha value is -0.990. The topological polar surface area (TPSA) is 29.9 Å². The van der Waals surface area contributed by atoms with Crippen molar-refractivity contribution < 1.29 is 0 Å². The third-order valence-electron chi connectivity index (χ3n) is 3.70. The monoisotopic (exact) mass is 265 g/mol. The van der Waals surface area contributed by atoms with Gasteiger partial charge in [-0.25, -0.2) is 0 Å². The van der Waals surface area contributed by atoms with Gasteiger partial charge in [0.05, 0.1) is 17.1 Å². The average molecular weight is 265 g/mol. The fraction of sp³-hybridized carbons (Fsp3) is 0.812. The van der Waals surface area contributed by atoms with Gasteiger partial charge in [0.1, 0.15) is 0 Å². The lowest BCUT2D eigenvalue weighted by molar-refractivity contribution is 0.516. The first kappa shape index (κ1) is 16.1. The first-order valence-electron chi connectivity index (χ1n) is 7.79. The van der Waals surface area contributed by atoms with Crippen molar-refractivity contribution in [1.82, 2.24) is 9.78 Å². The summed E-state index contributed by atoms with van der Waals surface area (Å²) in [4.78, 5) is 0. The normalized spacial score (nSPS) is 13.0. The van der Waals surface area contributed by atoms with E-state index in [9.17, 15) is 0 Å². The molecular formula is C16H31N3. The molecule has 1 atom stereocenters. The van der Waals surface area contributed by atoms with Crippen molar-refractivity contribution in [2.45, 2.75) is 85.7 Å². The number of hydrogen-bond acceptors (Lipinski definition) is 2. The molecule has 19 heavy (non-hydrogen) atoms. The smallest absolute Gasteiger partial charge is 0.0828 e. The van der Waals surface area contributed by atoms with E-state index in [-0.39, 0.29) is 0 Å². The molecule has 0 amide bonds. The summed E-state index contributed by atoms with van der Waals surface area (Å²) >= 11 is 0. The van der Waals surface area contributed by atoms with Crippen LogP contribution < -0.4 is 5.32 Å². The van der Waals surface area contributed by atoms with Crippen LogP contribution in [0.3, 0.4) is 0 Å². The number of nitrogens with one attached hydrogen (secondary N) is 1. The van der Waals surface area contributed by atoms with Crippen molar-refractivity contribution in [3.05, 3.63) is 11.4 Å². The van der Waals surface area contributed by atoms with Crippen LogP contribution in [0.25, 0.3) is 0 Å². The van der Waals surface area contributed by atoms with Crippen LogP contribution in [0.2, 0.25) is 0 Å². The molecule has 110 valence electrons. The molecule has 1 aromatic heterocycles. The van der Waals surface area contributed by atoms with Crippen molar-refractivity contribution in [3.8, 4) is 0 Å². The van der Waals surface area contributed by atoms with Crippen LogP contribution in [0.4, 0.5) is 5.69 Å². The summed E-state index contributed by atoms with van der Waals surface area (Å²) in [5, 5.41) is 8.27. The molecule has 0 spiro atoms. The van der Waals surface area contributed by atoms with E-state index in [1.165, 1.54) is 43.5 Å². The van der Waals surface area contributed by atoms with Crippen LogP contribution in [-0.2, 0) is 0 Å². The molecule has 0 aliphatic rings. The second kappa shape index (κ2) is 7.56. The van der Waals surface area contributed by atoms with Crippen LogP contribution in [0.5, 0.6) is 0 Å². The Labute approximate surface area is 118 Å². The van der Waals surface area contributed by atoms with Gasteiger partial charge in [-0.05, 0) is 41.0 Å². The summed E-state index contributed by atoms with van der Waals surface area (Å²) in [5.41, 5.74) is 3.61. The summed E-state index contributed by atoms with van der Waals surface area (Å²) < 4.78 is 2.11. The molecule has 0 aliphatic carbocycles. The predicted molar refractivity (Wildman–Crippen MR) is 83.9 cm³/mol. The minimum atomic E-state index is 0.425. The molecule has 0 bridgehead atoms. The SMILES string of the molecule is CCCCCCC(C)Nc1c(C)nn(C(C)C)c1C. The second-order valence-electron chi connectivity index (χ2n) is 5.98. The molecule has 0 fully saturated rings. The van der Waals surface area contributed by atoms with E-state index in [2.05, 4.69) is 56.6 Å². The molecule has 3 nitrogen and oxygen atoms in total. The Morgan fingerprint density at radius 3 is 2.32 bits per heavy atom. The standard InChI is InChI=1S/C16H31N3/c1-7-8-9-10-11-13(4)17-16-14(5)18-19(12(2)3)15(16)6/h12-13,17H,7-11H2,1-6H3. The summed E-state index contributed by atoms with van der Waals surface area (Å²) in [5.74, 6) is 0. The van der Waals surface area contributed by atoms with Gasteiger partial charge in [-0.1, -0.05) is 32.6 Å². The van der Waals surface area contributed by atoms with Gasteiger partial charge in [-0.3, -0.25) is 4.68 Å². The average Bonchev–Trinajstić information content (AvgIpc) is 2.63. The zero-order valence-corrected chi connectivity index (χ0v) is 13.6. The Bertz CT molecular complexity index is 380. The maximum Gasteiger partial charge on any atom is 0.0828 e. The largest absolute Gasteiger partial charge is 0.380 e. The molecule has 0 aromatic carbocycles. The van der Waals surface area contributed by atoms with Crippen molar-refractivity contribution in [2.75, 3.05) is 5.32 Å². The van der Waals surface area contributed by atoms with Gasteiger partial charge in [0, 0.05) is 12.1 Å². The quantitative estimate of drug-likeness (QED) is 0.681. The van der Waals surface area contributed by atoms with Crippen LogP contribution in [0, 0.1) is 13.8 Å². The number of rotatable bonds is 8. The van der Waals surface area contributed by atoms with E-state index < -0.39 is 0 Å². The molecule has 1 aromatic rings. The first-order chi connectivity index (χ1) is 8.97. The molecule has 0 saturated heterocycles. The maximum absolute atomic E-state index is 4.63. The molecule has 0 aliphatic heterocycles. The van der Waals surface area contributed by atoms with Crippen LogP contribution in [-0.4, -0.2) is 15.8 Å². The van der Waals surface area contributed by atoms with Gasteiger partial charge >= 0.3 is 0 Å². The highest BCUT2D eigenvalue weighted by molar-refractivity contribution is 5.52. The molecule has 0 radical (unpaired) electrons. The van der Waals surface area contributed by atoms with Gasteiger partial charge in [-0.15, -0.1) is 0 Å². The highest BCUT2D eigenvalue weighted by Gasteiger charge is 2.14. The first-order valence-corrected chi connectivity index (χ1v) is 7.79. The van der Waals surface area contributed by atoms with Gasteiger partial charge < -0.3 is 5.32 Å². The number of aromatic nitrogens is 2. The minimum Gasteiger partial charge on any atom is -0.380 e. The molecule has 0 saturated carbocycles. The van der Waals surface area contributed by atoms with Gasteiger partial charge in [0.25, 0.3) is 0 Å². The van der Waals surface area contributed by atoms with E-state index in [1.54, 1.807) is 0 Å². The summed E-state index contributed by atoms with van der Waals surface area (Å²) in [6, 6.07) is 0.952. The molecule has 1 N–H and O–H groups in total. The van der Waals surface area contributed by atoms with E-state index in [0.29, 0.717) is 12.1 Å². The Morgan fingerprint density at radius 1 is 1.11 bits per heavy atom. The van der Waals surface area contributed by atoms with E-state index in [4.69, 9.17) is 0 Å². The third kappa shape index (κ3) is 4.55. The van der Waals surface area contributed by atoms with Crippen molar-refractivity contribution in [3.63, 3.8) is 0 Å². The Balaban J connectivity index is 2.56. The second-order valence-corrected chi connectivity index (χ2v) is 5.98. The molecule has 1 heterocycles. The molecule has 3 heteroatoms. The molecular weight excluding hydrogens is 234 g/mol. The maximum atomic E-state index is 4.63. The summed E-state index contributed by atoms with van der Waals surface area (Å²) in [7, 11) is 0. The Kier molecular flexibility index (Phi) is 6.40. The molecule has 1 unspecified atom stereocenters. The predicted octanol–water partition coefficient (Wildman–Crippen LogP) is 4.85. The molecule has 1 rings (SSSR count). The summed E-state index contributed by atoms with van der Waals surface area (Å²) in [6.45, 7) is 13.1. The lowest BCUT2D eigenvalue weighted by Crippen LogP contribution is -2.16. The van der Waals surface area contributed by atoms with Crippen molar-refractivity contribution in [2.24, 2.45) is 0 Å². The lowest BCUT2D eigenvalue weighted by atomic mass is 10.1. The zero-order valence-electron chi connectivity index (χ0n) is 13.6. The third-order valence-corrected chi connectivity index (χ3v) is 3.70. The Morgan fingerprint density at radius 2 is 1.79 bits per heavy atom. The number of nitrogens with zero attached hydrogens (tertiary/aromatic N) is 2. The minimum absolute atomic E-state index is 0.425. The van der Waals surface area contributed by atoms with Gasteiger partial charge in [0.15, 0.2) is 0 Å².